The molecule has 0 atom stereocenters. The second-order valence-electron chi connectivity index (χ2n) is 5.84. The Morgan fingerprint density at radius 2 is 2.08 bits per heavy atom. The molecule has 3 aromatic rings. The number of nitrogens with zero attached hydrogens (tertiary/aromatic N) is 3. The first-order chi connectivity index (χ1) is 12.6. The topological polar surface area (TPSA) is 80.9 Å². The molecule has 0 bridgehead atoms. The number of amides is 1. The van der Waals surface area contributed by atoms with Gasteiger partial charge in [0.05, 0.1) is 16.3 Å². The summed E-state index contributed by atoms with van der Waals surface area (Å²) >= 11 is 1.38. The number of rotatable bonds is 6. The van der Waals surface area contributed by atoms with E-state index >= 15 is 0 Å². The highest BCUT2D eigenvalue weighted by atomic mass is 32.2. The number of nitrogens with one attached hydrogen (secondary N) is 1. The number of hydrogen-bond donors (Lipinski definition) is 1. The van der Waals surface area contributed by atoms with E-state index in [0.29, 0.717) is 17.5 Å². The molecule has 2 heterocycles. The van der Waals surface area contributed by atoms with E-state index in [1.165, 1.54) is 11.8 Å². The van der Waals surface area contributed by atoms with Crippen molar-refractivity contribution in [2.45, 2.75) is 32.2 Å². The lowest BCUT2D eigenvalue weighted by Gasteiger charge is -2.10. The second-order valence-corrected chi connectivity index (χ2v) is 6.83. The highest BCUT2D eigenvalue weighted by Gasteiger charge is 2.10. The van der Waals surface area contributed by atoms with Crippen LogP contribution >= 0.6 is 11.8 Å². The SMILES string of the molecule is CCc1noc(-c2ccc(SCC(=O)Nc3cccc(C)c3C)nc2)n1. The van der Waals surface area contributed by atoms with Gasteiger partial charge < -0.3 is 9.84 Å². The first-order valence-electron chi connectivity index (χ1n) is 8.34. The molecule has 0 aliphatic rings. The second kappa shape index (κ2) is 8.14. The van der Waals surface area contributed by atoms with Gasteiger partial charge in [-0.05, 0) is 43.2 Å². The lowest BCUT2D eigenvalue weighted by Crippen LogP contribution is -2.15. The van der Waals surface area contributed by atoms with E-state index in [0.717, 1.165) is 33.8 Å². The van der Waals surface area contributed by atoms with Gasteiger partial charge in [-0.3, -0.25) is 4.79 Å². The summed E-state index contributed by atoms with van der Waals surface area (Å²) in [6.45, 7) is 5.99. The Kier molecular flexibility index (Phi) is 5.68. The Bertz CT molecular complexity index is 906. The minimum absolute atomic E-state index is 0.0564. The summed E-state index contributed by atoms with van der Waals surface area (Å²) < 4.78 is 5.19. The predicted molar refractivity (Wildman–Crippen MR) is 102 cm³/mol. The summed E-state index contributed by atoms with van der Waals surface area (Å²) in [6.07, 6.45) is 2.40. The van der Waals surface area contributed by atoms with Crippen LogP contribution in [-0.4, -0.2) is 26.8 Å². The van der Waals surface area contributed by atoms with E-state index < -0.39 is 0 Å². The summed E-state index contributed by atoms with van der Waals surface area (Å²) in [7, 11) is 0. The third-order valence-corrected chi connectivity index (χ3v) is 4.94. The molecular formula is C19H20N4O2S. The molecule has 1 aromatic carbocycles. The predicted octanol–water partition coefficient (Wildman–Crippen LogP) is 4.04. The van der Waals surface area contributed by atoms with Crippen molar-refractivity contribution in [1.29, 1.82) is 0 Å². The van der Waals surface area contributed by atoms with Crippen LogP contribution in [0, 0.1) is 13.8 Å². The maximum atomic E-state index is 12.2. The third-order valence-electron chi connectivity index (χ3n) is 4.00. The third kappa shape index (κ3) is 4.29. The molecule has 1 amide bonds. The van der Waals surface area contributed by atoms with Gasteiger partial charge in [0.25, 0.3) is 5.89 Å². The molecule has 26 heavy (non-hydrogen) atoms. The Morgan fingerprint density at radius 3 is 2.77 bits per heavy atom. The number of hydrogen-bond acceptors (Lipinski definition) is 6. The molecule has 3 rings (SSSR count). The Balaban J connectivity index is 1.57. The molecule has 0 saturated carbocycles. The van der Waals surface area contributed by atoms with Crippen LogP contribution in [-0.2, 0) is 11.2 Å². The van der Waals surface area contributed by atoms with Gasteiger partial charge in [0, 0.05) is 18.3 Å². The fraction of sp³-hybridized carbons (Fsp3) is 0.263. The number of aromatic nitrogens is 3. The summed E-state index contributed by atoms with van der Waals surface area (Å²) in [5, 5.41) is 7.58. The fourth-order valence-electron chi connectivity index (χ4n) is 2.32. The van der Waals surface area contributed by atoms with E-state index in [9.17, 15) is 4.79 Å². The number of carbonyl (C=O) groups is 1. The molecule has 0 fully saturated rings. The highest BCUT2D eigenvalue weighted by molar-refractivity contribution is 7.99. The van der Waals surface area contributed by atoms with E-state index in [2.05, 4.69) is 20.4 Å². The van der Waals surface area contributed by atoms with Crippen LogP contribution in [0.25, 0.3) is 11.5 Å². The number of thioether (sulfide) groups is 1. The molecular weight excluding hydrogens is 348 g/mol. The molecule has 1 N–H and O–H groups in total. The van der Waals surface area contributed by atoms with Crippen molar-refractivity contribution in [2.24, 2.45) is 0 Å². The van der Waals surface area contributed by atoms with Crippen molar-refractivity contribution >= 4 is 23.4 Å². The zero-order valence-corrected chi connectivity index (χ0v) is 15.8. The van der Waals surface area contributed by atoms with Crippen molar-refractivity contribution in [3.63, 3.8) is 0 Å². The van der Waals surface area contributed by atoms with E-state index in [-0.39, 0.29) is 5.91 Å². The first-order valence-corrected chi connectivity index (χ1v) is 9.33. The molecule has 0 radical (unpaired) electrons. The standard InChI is InChI=1S/C19H20N4O2S/c1-4-16-22-19(25-23-16)14-8-9-18(20-10-14)26-11-17(24)21-15-7-5-6-12(2)13(15)3/h5-10H,4,11H2,1-3H3,(H,21,24). The number of pyridine rings is 1. The van der Waals surface area contributed by atoms with Crippen molar-refractivity contribution in [1.82, 2.24) is 15.1 Å². The molecule has 0 aliphatic heterocycles. The minimum atomic E-state index is -0.0564. The van der Waals surface area contributed by atoms with Gasteiger partial charge >= 0.3 is 0 Å². The smallest absolute Gasteiger partial charge is 0.259 e. The molecule has 7 heteroatoms. The Morgan fingerprint density at radius 1 is 1.23 bits per heavy atom. The summed E-state index contributed by atoms with van der Waals surface area (Å²) in [6, 6.07) is 9.59. The van der Waals surface area contributed by atoms with Crippen molar-refractivity contribution in [3.8, 4) is 11.5 Å². The molecule has 0 aliphatic carbocycles. The van der Waals surface area contributed by atoms with E-state index in [1.807, 2.05) is 51.1 Å². The average molecular weight is 368 g/mol. The lowest BCUT2D eigenvalue weighted by atomic mass is 10.1. The lowest BCUT2D eigenvalue weighted by molar-refractivity contribution is -0.113. The number of anilines is 1. The van der Waals surface area contributed by atoms with Crippen LogP contribution in [0.15, 0.2) is 46.1 Å². The summed E-state index contributed by atoms with van der Waals surface area (Å²) in [5.41, 5.74) is 3.85. The van der Waals surface area contributed by atoms with Crippen LogP contribution in [0.1, 0.15) is 23.9 Å². The molecule has 6 nitrogen and oxygen atoms in total. The van der Waals surface area contributed by atoms with E-state index in [1.54, 1.807) is 6.20 Å². The van der Waals surface area contributed by atoms with Crippen LogP contribution in [0.5, 0.6) is 0 Å². The fourth-order valence-corrected chi connectivity index (χ4v) is 2.96. The van der Waals surface area contributed by atoms with Gasteiger partial charge in [-0.15, -0.1) is 0 Å². The van der Waals surface area contributed by atoms with Crippen LogP contribution in [0.2, 0.25) is 0 Å². The minimum Gasteiger partial charge on any atom is -0.334 e. The average Bonchev–Trinajstić information content (AvgIpc) is 3.13. The van der Waals surface area contributed by atoms with Gasteiger partial charge in [0.15, 0.2) is 5.82 Å². The maximum Gasteiger partial charge on any atom is 0.259 e. The number of benzene rings is 1. The quantitative estimate of drug-likeness (QED) is 0.661. The van der Waals surface area contributed by atoms with Gasteiger partial charge in [0.1, 0.15) is 0 Å². The van der Waals surface area contributed by atoms with Gasteiger partial charge in [-0.2, -0.15) is 4.98 Å². The first kappa shape index (κ1) is 18.1. The summed E-state index contributed by atoms with van der Waals surface area (Å²) in [5.74, 6) is 1.36. The number of aryl methyl sites for hydroxylation is 2. The molecule has 0 saturated heterocycles. The van der Waals surface area contributed by atoms with E-state index in [4.69, 9.17) is 4.52 Å². The Hall–Kier alpha value is -2.67. The zero-order valence-electron chi connectivity index (χ0n) is 14.9. The van der Waals surface area contributed by atoms with Crippen LogP contribution < -0.4 is 5.32 Å². The highest BCUT2D eigenvalue weighted by Crippen LogP contribution is 2.22. The normalized spacial score (nSPS) is 10.7. The van der Waals surface area contributed by atoms with Crippen LogP contribution in [0.3, 0.4) is 0 Å². The van der Waals surface area contributed by atoms with Gasteiger partial charge in [-0.25, -0.2) is 4.98 Å². The van der Waals surface area contributed by atoms with Gasteiger partial charge in [-0.1, -0.05) is 36.0 Å². The van der Waals surface area contributed by atoms with Gasteiger partial charge in [0.2, 0.25) is 5.91 Å². The van der Waals surface area contributed by atoms with Crippen molar-refractivity contribution in [2.75, 3.05) is 11.1 Å². The summed E-state index contributed by atoms with van der Waals surface area (Å²) in [4.78, 5) is 20.8. The van der Waals surface area contributed by atoms with Crippen molar-refractivity contribution < 1.29 is 9.32 Å². The zero-order chi connectivity index (χ0) is 18.5. The molecule has 0 unspecified atom stereocenters. The molecule has 134 valence electrons. The largest absolute Gasteiger partial charge is 0.334 e. The Labute approximate surface area is 156 Å². The molecule has 0 spiro atoms. The van der Waals surface area contributed by atoms with Crippen LogP contribution in [0.4, 0.5) is 5.69 Å². The number of carbonyl (C=O) groups excluding carboxylic acids is 1. The molecule has 2 aromatic heterocycles. The van der Waals surface area contributed by atoms with Crippen molar-refractivity contribution in [3.05, 3.63) is 53.5 Å². The maximum absolute atomic E-state index is 12.2. The monoisotopic (exact) mass is 368 g/mol.